The van der Waals surface area contributed by atoms with Gasteiger partial charge in [-0.1, -0.05) is 19.1 Å². The third-order valence-electron chi connectivity index (χ3n) is 3.17. The first-order valence-corrected chi connectivity index (χ1v) is 7.85. The molecule has 1 fully saturated rings. The Morgan fingerprint density at radius 3 is 2.76 bits per heavy atom. The van der Waals surface area contributed by atoms with Crippen LogP contribution in [0.4, 0.5) is 0 Å². The Hall–Kier alpha value is -0.240. The van der Waals surface area contributed by atoms with Crippen molar-refractivity contribution in [2.24, 2.45) is 5.73 Å². The smallest absolute Gasteiger partial charge is 0.220 e. The molecule has 0 radical (unpaired) electrons. The molecule has 1 aliphatic rings. The normalized spacial score (nSPS) is 22.2. The van der Waals surface area contributed by atoms with Crippen LogP contribution < -0.4 is 5.73 Å². The highest BCUT2D eigenvalue weighted by Gasteiger charge is 2.28. The lowest BCUT2D eigenvalue weighted by Crippen LogP contribution is -2.43. The van der Waals surface area contributed by atoms with Gasteiger partial charge in [0.05, 0.1) is 4.99 Å². The fourth-order valence-corrected chi connectivity index (χ4v) is 3.64. The summed E-state index contributed by atoms with van der Waals surface area (Å²) < 4.78 is 25.1. The quantitative estimate of drug-likeness (QED) is 0.694. The second-order valence-electron chi connectivity index (χ2n) is 4.43. The molecule has 1 atom stereocenters. The average Bonchev–Trinajstić information content (AvgIpc) is 2.63. The first kappa shape index (κ1) is 14.8. The van der Waals surface area contributed by atoms with Crippen LogP contribution in [0.3, 0.4) is 0 Å². The number of likely N-dealkylation sites (N-methyl/N-ethyl adjacent to an activating group) is 2. The van der Waals surface area contributed by atoms with E-state index in [1.54, 1.807) is 7.05 Å². The number of nitrogens with two attached hydrogens (primary N) is 1. The molecule has 1 heterocycles. The van der Waals surface area contributed by atoms with Crippen LogP contribution in [0, 0.1) is 0 Å². The number of thiocarbonyl (C=S) groups is 1. The second kappa shape index (κ2) is 6.08. The van der Waals surface area contributed by atoms with Gasteiger partial charge >= 0.3 is 0 Å². The first-order valence-electron chi connectivity index (χ1n) is 5.83. The Labute approximate surface area is 109 Å². The van der Waals surface area contributed by atoms with E-state index in [2.05, 4.69) is 24.0 Å². The van der Waals surface area contributed by atoms with Crippen molar-refractivity contribution in [1.82, 2.24) is 9.21 Å². The molecular formula is C10H21N3O2S2. The van der Waals surface area contributed by atoms with Crippen LogP contribution >= 0.6 is 12.2 Å². The molecule has 0 aliphatic carbocycles. The molecule has 1 unspecified atom stereocenters. The van der Waals surface area contributed by atoms with Crippen LogP contribution in [0.15, 0.2) is 0 Å². The third kappa shape index (κ3) is 4.17. The number of hydrogen-bond donors (Lipinski definition) is 1. The molecule has 0 aromatic heterocycles. The summed E-state index contributed by atoms with van der Waals surface area (Å²) in [5.41, 5.74) is 5.29. The third-order valence-corrected chi connectivity index (χ3v) is 5.27. The molecule has 1 saturated heterocycles. The van der Waals surface area contributed by atoms with Crippen molar-refractivity contribution in [2.75, 3.05) is 32.4 Å². The predicted octanol–water partition coefficient (Wildman–Crippen LogP) is 0.0184. The van der Waals surface area contributed by atoms with Gasteiger partial charge in [-0.3, -0.25) is 4.90 Å². The van der Waals surface area contributed by atoms with Gasteiger partial charge in [0.25, 0.3) is 0 Å². The highest BCUT2D eigenvalue weighted by atomic mass is 32.2. The Balaban J connectivity index is 2.59. The van der Waals surface area contributed by atoms with E-state index in [4.69, 9.17) is 5.73 Å². The molecular weight excluding hydrogens is 258 g/mol. The van der Waals surface area contributed by atoms with Gasteiger partial charge in [0, 0.05) is 19.6 Å². The van der Waals surface area contributed by atoms with Gasteiger partial charge in [-0.2, -0.15) is 0 Å². The van der Waals surface area contributed by atoms with Crippen LogP contribution in [0.2, 0.25) is 0 Å². The molecule has 0 saturated carbocycles. The maximum atomic E-state index is 11.9. The fraction of sp³-hybridized carbons (Fsp3) is 0.900. The van der Waals surface area contributed by atoms with E-state index >= 15 is 0 Å². The van der Waals surface area contributed by atoms with E-state index in [-0.39, 0.29) is 10.7 Å². The molecule has 17 heavy (non-hydrogen) atoms. The SMILES string of the molecule is CCN1CCCC1CN(C)S(=O)(=O)CC(N)=S. The summed E-state index contributed by atoms with van der Waals surface area (Å²) in [6.07, 6.45) is 2.20. The molecule has 2 N–H and O–H groups in total. The number of sulfonamides is 1. The minimum atomic E-state index is -3.34. The Morgan fingerprint density at radius 2 is 2.24 bits per heavy atom. The van der Waals surface area contributed by atoms with Gasteiger partial charge in [-0.15, -0.1) is 0 Å². The van der Waals surface area contributed by atoms with E-state index in [1.807, 2.05) is 0 Å². The van der Waals surface area contributed by atoms with Crippen molar-refractivity contribution in [1.29, 1.82) is 0 Å². The van der Waals surface area contributed by atoms with Crippen LogP contribution in [0.1, 0.15) is 19.8 Å². The van der Waals surface area contributed by atoms with Crippen molar-refractivity contribution in [3.8, 4) is 0 Å². The fourth-order valence-electron chi connectivity index (χ4n) is 2.22. The standard InChI is InChI=1S/C10H21N3O2S2/c1-3-13-6-4-5-9(13)7-12(2)17(14,15)8-10(11)16/h9H,3-8H2,1-2H3,(H2,11,16). The Kier molecular flexibility index (Phi) is 5.30. The molecule has 100 valence electrons. The van der Waals surface area contributed by atoms with E-state index in [9.17, 15) is 8.42 Å². The zero-order valence-corrected chi connectivity index (χ0v) is 12.1. The molecule has 0 aromatic carbocycles. The predicted molar refractivity (Wildman–Crippen MR) is 73.5 cm³/mol. The van der Waals surface area contributed by atoms with Crippen molar-refractivity contribution in [3.63, 3.8) is 0 Å². The van der Waals surface area contributed by atoms with Gasteiger partial charge in [-0.25, -0.2) is 12.7 Å². The largest absolute Gasteiger partial charge is 0.392 e. The van der Waals surface area contributed by atoms with Gasteiger partial charge in [0.1, 0.15) is 5.75 Å². The second-order valence-corrected chi connectivity index (χ2v) is 7.03. The molecule has 1 rings (SSSR count). The van der Waals surface area contributed by atoms with Crippen molar-refractivity contribution in [3.05, 3.63) is 0 Å². The minimum Gasteiger partial charge on any atom is -0.392 e. The molecule has 1 aliphatic heterocycles. The first-order chi connectivity index (χ1) is 7.86. The Morgan fingerprint density at radius 1 is 1.59 bits per heavy atom. The summed E-state index contributed by atoms with van der Waals surface area (Å²) in [6.45, 7) is 4.65. The monoisotopic (exact) mass is 279 g/mol. The van der Waals surface area contributed by atoms with E-state index in [0.717, 1.165) is 25.9 Å². The molecule has 0 bridgehead atoms. The highest BCUT2D eigenvalue weighted by molar-refractivity contribution is 7.92. The maximum absolute atomic E-state index is 11.9. The number of nitrogens with zero attached hydrogens (tertiary/aromatic N) is 2. The van der Waals surface area contributed by atoms with Crippen LogP contribution in [-0.2, 0) is 10.0 Å². The number of hydrogen-bond acceptors (Lipinski definition) is 4. The van der Waals surface area contributed by atoms with Crippen molar-refractivity contribution < 1.29 is 8.42 Å². The molecule has 0 amide bonds. The average molecular weight is 279 g/mol. The van der Waals surface area contributed by atoms with Crippen molar-refractivity contribution in [2.45, 2.75) is 25.8 Å². The summed E-state index contributed by atoms with van der Waals surface area (Å²) in [7, 11) is -1.74. The summed E-state index contributed by atoms with van der Waals surface area (Å²) >= 11 is 4.65. The number of rotatable bonds is 6. The van der Waals surface area contributed by atoms with Crippen LogP contribution in [0.5, 0.6) is 0 Å². The summed E-state index contributed by atoms with van der Waals surface area (Å²) in [5.74, 6) is -0.238. The zero-order chi connectivity index (χ0) is 13.1. The molecule has 0 spiro atoms. The van der Waals surface area contributed by atoms with Gasteiger partial charge in [0.15, 0.2) is 0 Å². The van der Waals surface area contributed by atoms with E-state index in [0.29, 0.717) is 12.6 Å². The van der Waals surface area contributed by atoms with Gasteiger partial charge in [0.2, 0.25) is 10.0 Å². The van der Waals surface area contributed by atoms with Crippen molar-refractivity contribution >= 4 is 27.2 Å². The topological polar surface area (TPSA) is 66.6 Å². The summed E-state index contributed by atoms with van der Waals surface area (Å²) in [4.78, 5) is 2.34. The number of likely N-dealkylation sites (tertiary alicyclic amines) is 1. The van der Waals surface area contributed by atoms with E-state index in [1.165, 1.54) is 4.31 Å². The maximum Gasteiger partial charge on any atom is 0.220 e. The zero-order valence-electron chi connectivity index (χ0n) is 10.4. The minimum absolute atomic E-state index is 0.0237. The molecule has 7 heteroatoms. The lowest BCUT2D eigenvalue weighted by molar-refractivity contribution is 0.238. The van der Waals surface area contributed by atoms with Gasteiger partial charge in [-0.05, 0) is 25.9 Å². The van der Waals surface area contributed by atoms with E-state index < -0.39 is 10.0 Å². The Bertz CT molecular complexity index is 370. The highest BCUT2D eigenvalue weighted by Crippen LogP contribution is 2.18. The van der Waals surface area contributed by atoms with Crippen LogP contribution in [-0.4, -0.2) is 61.1 Å². The lowest BCUT2D eigenvalue weighted by atomic mass is 10.2. The summed E-state index contributed by atoms with van der Waals surface area (Å²) in [6, 6.07) is 0.325. The molecule has 5 nitrogen and oxygen atoms in total. The van der Waals surface area contributed by atoms with Crippen LogP contribution in [0.25, 0.3) is 0 Å². The summed E-state index contributed by atoms with van der Waals surface area (Å²) in [5, 5.41) is 0. The lowest BCUT2D eigenvalue weighted by Gasteiger charge is -2.27. The molecule has 0 aromatic rings. The van der Waals surface area contributed by atoms with Gasteiger partial charge < -0.3 is 5.73 Å².